The van der Waals surface area contributed by atoms with Gasteiger partial charge < -0.3 is 10.2 Å². The molecule has 0 aliphatic heterocycles. The summed E-state index contributed by atoms with van der Waals surface area (Å²) in [7, 11) is 1.75. The van der Waals surface area contributed by atoms with Crippen molar-refractivity contribution in [3.05, 3.63) is 24.2 Å². The fourth-order valence-corrected chi connectivity index (χ4v) is 1.18. The summed E-state index contributed by atoms with van der Waals surface area (Å²) >= 11 is 0. The van der Waals surface area contributed by atoms with E-state index in [4.69, 9.17) is 10.2 Å². The van der Waals surface area contributed by atoms with Crippen LogP contribution >= 0.6 is 0 Å². The molecule has 1 heterocycles. The predicted molar refractivity (Wildman–Crippen MR) is 57.7 cm³/mol. The van der Waals surface area contributed by atoms with Crippen molar-refractivity contribution in [1.82, 2.24) is 10.2 Å². The van der Waals surface area contributed by atoms with E-state index < -0.39 is 5.91 Å². The molecule has 1 aromatic rings. The topological polar surface area (TPSA) is 88.6 Å². The first-order valence-electron chi connectivity index (χ1n) is 4.89. The lowest BCUT2D eigenvalue weighted by Gasteiger charge is -2.13. The molecular weight excluding hydrogens is 210 g/mol. The quantitative estimate of drug-likeness (QED) is 0.700. The molecule has 6 heteroatoms. The van der Waals surface area contributed by atoms with Gasteiger partial charge in [-0.2, -0.15) is 0 Å². The minimum Gasteiger partial charge on any atom is -0.459 e. The zero-order chi connectivity index (χ0) is 12.0. The molecule has 3 N–H and O–H groups in total. The summed E-state index contributed by atoms with van der Waals surface area (Å²) in [6.45, 7) is 1.20. The lowest BCUT2D eigenvalue weighted by molar-refractivity contribution is -0.121. The molecule has 0 unspecified atom stereocenters. The molecule has 0 saturated heterocycles. The van der Waals surface area contributed by atoms with Crippen LogP contribution in [-0.2, 0) is 4.79 Å². The number of amides is 2. The number of nitrogens with zero attached hydrogens (tertiary/aromatic N) is 1. The Labute approximate surface area is 93.4 Å². The van der Waals surface area contributed by atoms with Crippen molar-refractivity contribution in [1.29, 1.82) is 0 Å². The summed E-state index contributed by atoms with van der Waals surface area (Å²) in [5, 5.41) is 2.22. The SMILES string of the molecule is CN(CCN)CC(=O)NC(=O)c1ccco1. The third-order valence-electron chi connectivity index (χ3n) is 1.92. The van der Waals surface area contributed by atoms with Crippen LogP contribution in [0.25, 0.3) is 0 Å². The molecule has 88 valence electrons. The Bertz CT molecular complexity index is 348. The number of likely N-dealkylation sites (N-methyl/N-ethyl adjacent to an activating group) is 1. The van der Waals surface area contributed by atoms with E-state index in [9.17, 15) is 9.59 Å². The zero-order valence-corrected chi connectivity index (χ0v) is 9.10. The molecule has 16 heavy (non-hydrogen) atoms. The van der Waals surface area contributed by atoms with Crippen molar-refractivity contribution in [2.75, 3.05) is 26.7 Å². The van der Waals surface area contributed by atoms with E-state index in [2.05, 4.69) is 5.32 Å². The Morgan fingerprint density at radius 3 is 2.88 bits per heavy atom. The van der Waals surface area contributed by atoms with Crippen LogP contribution in [0.3, 0.4) is 0 Å². The van der Waals surface area contributed by atoms with Gasteiger partial charge in [-0.05, 0) is 19.2 Å². The van der Waals surface area contributed by atoms with Gasteiger partial charge in [-0.25, -0.2) is 0 Å². The third kappa shape index (κ3) is 3.84. The Morgan fingerprint density at radius 1 is 1.56 bits per heavy atom. The monoisotopic (exact) mass is 225 g/mol. The number of furan rings is 1. The summed E-state index contributed by atoms with van der Waals surface area (Å²) in [5.41, 5.74) is 5.33. The molecule has 1 aromatic heterocycles. The number of nitrogens with two attached hydrogens (primary N) is 1. The van der Waals surface area contributed by atoms with Crippen LogP contribution in [0.1, 0.15) is 10.6 Å². The number of carbonyl (C=O) groups excluding carboxylic acids is 2. The van der Waals surface area contributed by atoms with Crippen molar-refractivity contribution in [3.8, 4) is 0 Å². The van der Waals surface area contributed by atoms with Gasteiger partial charge in [-0.1, -0.05) is 0 Å². The fraction of sp³-hybridized carbons (Fsp3) is 0.400. The molecule has 0 bridgehead atoms. The highest BCUT2D eigenvalue weighted by Gasteiger charge is 2.13. The van der Waals surface area contributed by atoms with Gasteiger partial charge in [-0.15, -0.1) is 0 Å². The van der Waals surface area contributed by atoms with Crippen LogP contribution < -0.4 is 11.1 Å². The molecule has 2 amide bonds. The highest BCUT2D eigenvalue weighted by atomic mass is 16.3. The van der Waals surface area contributed by atoms with Crippen LogP contribution in [0.4, 0.5) is 0 Å². The first-order valence-corrected chi connectivity index (χ1v) is 4.89. The maximum Gasteiger partial charge on any atom is 0.293 e. The predicted octanol–water partition coefficient (Wildman–Crippen LogP) is -0.573. The van der Waals surface area contributed by atoms with Crippen molar-refractivity contribution in [2.45, 2.75) is 0 Å². The Balaban J connectivity index is 2.37. The van der Waals surface area contributed by atoms with Crippen molar-refractivity contribution >= 4 is 11.8 Å². The average molecular weight is 225 g/mol. The van der Waals surface area contributed by atoms with Gasteiger partial charge in [0.05, 0.1) is 12.8 Å². The van der Waals surface area contributed by atoms with Gasteiger partial charge in [0.2, 0.25) is 5.91 Å². The normalized spacial score (nSPS) is 10.4. The molecular formula is C10H15N3O3. The first-order chi connectivity index (χ1) is 7.63. The smallest absolute Gasteiger partial charge is 0.293 e. The summed E-state index contributed by atoms with van der Waals surface area (Å²) < 4.78 is 4.85. The van der Waals surface area contributed by atoms with E-state index in [0.717, 1.165) is 0 Å². The molecule has 0 fully saturated rings. The summed E-state index contributed by atoms with van der Waals surface area (Å²) in [4.78, 5) is 24.5. The van der Waals surface area contributed by atoms with Crippen molar-refractivity contribution in [3.63, 3.8) is 0 Å². The molecule has 0 radical (unpaired) electrons. The molecule has 0 saturated carbocycles. The van der Waals surface area contributed by atoms with Gasteiger partial charge in [-0.3, -0.25) is 19.8 Å². The summed E-state index contributed by atoms with van der Waals surface area (Å²) in [6.07, 6.45) is 1.37. The molecule has 0 spiro atoms. The van der Waals surface area contributed by atoms with E-state index in [-0.39, 0.29) is 18.2 Å². The van der Waals surface area contributed by atoms with Gasteiger partial charge in [0.1, 0.15) is 0 Å². The molecule has 0 aliphatic carbocycles. The van der Waals surface area contributed by atoms with Gasteiger partial charge >= 0.3 is 0 Å². The molecule has 6 nitrogen and oxygen atoms in total. The van der Waals surface area contributed by atoms with Crippen LogP contribution in [-0.4, -0.2) is 43.4 Å². The van der Waals surface area contributed by atoms with E-state index in [0.29, 0.717) is 13.1 Å². The molecule has 1 rings (SSSR count). The highest BCUT2D eigenvalue weighted by molar-refractivity contribution is 6.03. The standard InChI is InChI=1S/C10H15N3O3/c1-13(5-4-11)7-9(14)12-10(15)8-3-2-6-16-8/h2-3,6H,4-5,7,11H2,1H3,(H,12,14,15). The van der Waals surface area contributed by atoms with E-state index in [1.807, 2.05) is 0 Å². The Hall–Kier alpha value is -1.66. The average Bonchev–Trinajstić information content (AvgIpc) is 2.69. The van der Waals surface area contributed by atoms with E-state index in [1.54, 1.807) is 18.0 Å². The number of rotatable bonds is 5. The van der Waals surface area contributed by atoms with Gasteiger partial charge in [0.25, 0.3) is 5.91 Å². The maximum absolute atomic E-state index is 11.4. The Morgan fingerprint density at radius 2 is 2.31 bits per heavy atom. The lowest BCUT2D eigenvalue weighted by Crippen LogP contribution is -2.39. The number of carbonyl (C=O) groups is 2. The number of imide groups is 1. The summed E-state index contributed by atoms with van der Waals surface area (Å²) in [6, 6.07) is 3.08. The third-order valence-corrected chi connectivity index (χ3v) is 1.92. The van der Waals surface area contributed by atoms with Crippen LogP contribution in [0, 0.1) is 0 Å². The van der Waals surface area contributed by atoms with E-state index in [1.165, 1.54) is 12.3 Å². The van der Waals surface area contributed by atoms with Crippen molar-refractivity contribution < 1.29 is 14.0 Å². The van der Waals surface area contributed by atoms with Crippen molar-refractivity contribution in [2.24, 2.45) is 5.73 Å². The number of hydrogen-bond donors (Lipinski definition) is 2. The van der Waals surface area contributed by atoms with Crippen LogP contribution in [0.15, 0.2) is 22.8 Å². The zero-order valence-electron chi connectivity index (χ0n) is 9.10. The molecule has 0 atom stereocenters. The summed E-state index contributed by atoms with van der Waals surface area (Å²) in [5.74, 6) is -0.789. The van der Waals surface area contributed by atoms with E-state index >= 15 is 0 Å². The second kappa shape index (κ2) is 6.04. The van der Waals surface area contributed by atoms with Gasteiger partial charge in [0.15, 0.2) is 5.76 Å². The highest BCUT2D eigenvalue weighted by Crippen LogP contribution is 1.98. The molecule has 0 aromatic carbocycles. The number of hydrogen-bond acceptors (Lipinski definition) is 5. The lowest BCUT2D eigenvalue weighted by atomic mass is 10.4. The first kappa shape index (κ1) is 12.4. The minimum absolute atomic E-state index is 0.120. The Kier molecular flexibility index (Phi) is 4.68. The second-order valence-electron chi connectivity index (χ2n) is 3.38. The van der Waals surface area contributed by atoms with Crippen LogP contribution in [0.2, 0.25) is 0 Å². The molecule has 0 aliphatic rings. The maximum atomic E-state index is 11.4. The second-order valence-corrected chi connectivity index (χ2v) is 3.38. The fourth-order valence-electron chi connectivity index (χ4n) is 1.18. The van der Waals surface area contributed by atoms with Crippen LogP contribution in [0.5, 0.6) is 0 Å². The number of nitrogens with one attached hydrogen (secondary N) is 1. The largest absolute Gasteiger partial charge is 0.459 e. The van der Waals surface area contributed by atoms with Gasteiger partial charge in [0, 0.05) is 13.1 Å². The minimum atomic E-state index is -0.531.